The van der Waals surface area contributed by atoms with Crippen LogP contribution in [-0.4, -0.2) is 11.9 Å². The summed E-state index contributed by atoms with van der Waals surface area (Å²) in [5.41, 5.74) is 6.68. The van der Waals surface area contributed by atoms with E-state index in [1.54, 1.807) is 6.92 Å². The highest BCUT2D eigenvalue weighted by Crippen LogP contribution is 2.23. The molecule has 0 bridgehead atoms. The molecule has 2 aromatic rings. The van der Waals surface area contributed by atoms with Gasteiger partial charge in [-0.25, -0.2) is 0 Å². The van der Waals surface area contributed by atoms with Crippen LogP contribution in [0, 0.1) is 0 Å². The molecule has 4 heteroatoms. The summed E-state index contributed by atoms with van der Waals surface area (Å²) in [6.45, 7) is 3.66. The second-order valence-corrected chi connectivity index (χ2v) is 4.59. The van der Waals surface area contributed by atoms with Crippen molar-refractivity contribution in [2.75, 3.05) is 0 Å². The zero-order valence-corrected chi connectivity index (χ0v) is 11.9. The van der Waals surface area contributed by atoms with Crippen molar-refractivity contribution >= 4 is 29.1 Å². The lowest BCUT2D eigenvalue weighted by Gasteiger charge is -2.17. The third-order valence-electron chi connectivity index (χ3n) is 3.06. The lowest BCUT2D eigenvalue weighted by atomic mass is 9.99. The Morgan fingerprint density at radius 2 is 1.74 bits per heavy atom. The van der Waals surface area contributed by atoms with Crippen LogP contribution < -0.4 is 11.1 Å². The van der Waals surface area contributed by atoms with E-state index in [2.05, 4.69) is 23.5 Å². The zero-order valence-electron chi connectivity index (χ0n) is 11.1. The first-order valence-corrected chi connectivity index (χ1v) is 6.13. The number of halogens is 1. The van der Waals surface area contributed by atoms with Gasteiger partial charge in [-0.1, -0.05) is 42.5 Å². The monoisotopic (exact) mass is 278 g/mol. The molecule has 2 rings (SSSR count). The predicted octanol–water partition coefficient (Wildman–Crippen LogP) is 2.79. The number of carbonyl (C=O) groups is 1. The van der Waals surface area contributed by atoms with Crippen molar-refractivity contribution < 1.29 is 4.79 Å². The lowest BCUT2D eigenvalue weighted by molar-refractivity contribution is -0.122. The molecular weight excluding hydrogens is 260 g/mol. The summed E-state index contributed by atoms with van der Waals surface area (Å²) < 4.78 is 0. The molecule has 0 aliphatic rings. The Kier molecular flexibility index (Phi) is 5.33. The van der Waals surface area contributed by atoms with E-state index in [9.17, 15) is 4.79 Å². The minimum atomic E-state index is -0.484. The van der Waals surface area contributed by atoms with Gasteiger partial charge in [0.25, 0.3) is 0 Å². The lowest BCUT2D eigenvalue weighted by Crippen LogP contribution is -2.39. The highest BCUT2D eigenvalue weighted by Gasteiger charge is 2.14. The minimum Gasteiger partial charge on any atom is -0.348 e. The molecule has 0 saturated carbocycles. The fourth-order valence-corrected chi connectivity index (χ4v) is 2.05. The molecule has 2 atom stereocenters. The van der Waals surface area contributed by atoms with Crippen LogP contribution in [0.4, 0.5) is 0 Å². The first-order valence-electron chi connectivity index (χ1n) is 6.13. The molecule has 0 radical (unpaired) electrons. The average molecular weight is 279 g/mol. The number of benzene rings is 2. The summed E-state index contributed by atoms with van der Waals surface area (Å²) in [5.74, 6) is -0.129. The second-order valence-electron chi connectivity index (χ2n) is 4.59. The highest BCUT2D eigenvalue weighted by molar-refractivity contribution is 5.87. The number of nitrogens with two attached hydrogens (primary N) is 1. The molecule has 0 spiro atoms. The van der Waals surface area contributed by atoms with Crippen molar-refractivity contribution in [3.05, 3.63) is 48.0 Å². The van der Waals surface area contributed by atoms with E-state index in [0.717, 1.165) is 10.9 Å². The third-order valence-corrected chi connectivity index (χ3v) is 3.06. The van der Waals surface area contributed by atoms with Crippen molar-refractivity contribution in [2.45, 2.75) is 25.9 Å². The van der Waals surface area contributed by atoms with E-state index in [0.29, 0.717) is 0 Å². The molecule has 3 N–H and O–H groups in total. The largest absolute Gasteiger partial charge is 0.348 e. The minimum absolute atomic E-state index is 0. The molecule has 1 amide bonds. The van der Waals surface area contributed by atoms with E-state index in [1.807, 2.05) is 31.2 Å². The van der Waals surface area contributed by atoms with Crippen molar-refractivity contribution in [2.24, 2.45) is 5.73 Å². The molecule has 2 aromatic carbocycles. The van der Waals surface area contributed by atoms with Gasteiger partial charge in [0, 0.05) is 0 Å². The van der Waals surface area contributed by atoms with Gasteiger partial charge in [0.05, 0.1) is 12.1 Å². The number of nitrogens with one attached hydrogen (secondary N) is 1. The van der Waals surface area contributed by atoms with Crippen molar-refractivity contribution in [1.82, 2.24) is 5.32 Å². The van der Waals surface area contributed by atoms with Crippen LogP contribution in [0.15, 0.2) is 42.5 Å². The van der Waals surface area contributed by atoms with Crippen molar-refractivity contribution in [1.29, 1.82) is 0 Å². The number of hydrogen-bond acceptors (Lipinski definition) is 2. The quantitative estimate of drug-likeness (QED) is 0.907. The summed E-state index contributed by atoms with van der Waals surface area (Å²) >= 11 is 0. The summed E-state index contributed by atoms with van der Waals surface area (Å²) in [7, 11) is 0. The molecule has 0 aliphatic heterocycles. The molecule has 3 nitrogen and oxygen atoms in total. The summed E-state index contributed by atoms with van der Waals surface area (Å²) in [6.07, 6.45) is 0. The third kappa shape index (κ3) is 3.46. The molecular formula is C15H19ClN2O. The van der Waals surface area contributed by atoms with Gasteiger partial charge < -0.3 is 11.1 Å². The van der Waals surface area contributed by atoms with Gasteiger partial charge in [-0.2, -0.15) is 0 Å². The van der Waals surface area contributed by atoms with Gasteiger partial charge in [-0.15, -0.1) is 12.4 Å². The summed E-state index contributed by atoms with van der Waals surface area (Å²) in [5, 5.41) is 5.27. The fraction of sp³-hybridized carbons (Fsp3) is 0.267. The first-order chi connectivity index (χ1) is 8.59. The highest BCUT2D eigenvalue weighted by atomic mass is 35.5. The van der Waals surface area contributed by atoms with E-state index in [1.165, 1.54) is 5.39 Å². The van der Waals surface area contributed by atoms with Gasteiger partial charge in [-0.3, -0.25) is 4.79 Å². The molecule has 19 heavy (non-hydrogen) atoms. The van der Waals surface area contributed by atoms with Crippen LogP contribution >= 0.6 is 12.4 Å². The Balaban J connectivity index is 0.00000180. The van der Waals surface area contributed by atoms with Gasteiger partial charge in [0.15, 0.2) is 0 Å². The molecule has 0 fully saturated rings. The number of hydrogen-bond donors (Lipinski definition) is 2. The maximum absolute atomic E-state index is 11.6. The Morgan fingerprint density at radius 1 is 1.11 bits per heavy atom. The van der Waals surface area contributed by atoms with Crippen molar-refractivity contribution in [3.63, 3.8) is 0 Å². The SMILES string of the molecule is CC(N)C(=O)NC(C)c1cccc2ccccc12.Cl. The van der Waals surface area contributed by atoms with Crippen LogP contribution in [0.1, 0.15) is 25.5 Å². The van der Waals surface area contributed by atoms with Crippen LogP contribution in [0.2, 0.25) is 0 Å². The Bertz CT molecular complexity index is 564. The number of fused-ring (bicyclic) bond motifs is 1. The van der Waals surface area contributed by atoms with E-state index in [-0.39, 0.29) is 24.4 Å². The molecule has 102 valence electrons. The molecule has 2 unspecified atom stereocenters. The molecule has 0 aliphatic carbocycles. The fourth-order valence-electron chi connectivity index (χ4n) is 2.05. The van der Waals surface area contributed by atoms with Gasteiger partial charge in [0.2, 0.25) is 5.91 Å². The van der Waals surface area contributed by atoms with Gasteiger partial charge >= 0.3 is 0 Å². The maximum Gasteiger partial charge on any atom is 0.237 e. The zero-order chi connectivity index (χ0) is 13.1. The Morgan fingerprint density at radius 3 is 2.42 bits per heavy atom. The normalized spacial score (nSPS) is 13.4. The Hall–Kier alpha value is -1.58. The number of amides is 1. The second kappa shape index (κ2) is 6.55. The number of rotatable bonds is 3. The smallest absolute Gasteiger partial charge is 0.237 e. The van der Waals surface area contributed by atoms with Crippen LogP contribution in [-0.2, 0) is 4.79 Å². The van der Waals surface area contributed by atoms with Crippen LogP contribution in [0.3, 0.4) is 0 Å². The van der Waals surface area contributed by atoms with E-state index < -0.39 is 6.04 Å². The van der Waals surface area contributed by atoms with E-state index >= 15 is 0 Å². The predicted molar refractivity (Wildman–Crippen MR) is 81.4 cm³/mol. The van der Waals surface area contributed by atoms with Gasteiger partial charge in [0.1, 0.15) is 0 Å². The van der Waals surface area contributed by atoms with Crippen molar-refractivity contribution in [3.8, 4) is 0 Å². The molecule has 0 aromatic heterocycles. The molecule has 0 saturated heterocycles. The summed E-state index contributed by atoms with van der Waals surface area (Å²) in [4.78, 5) is 11.6. The topological polar surface area (TPSA) is 55.1 Å². The first kappa shape index (κ1) is 15.5. The maximum atomic E-state index is 11.6. The average Bonchev–Trinajstić information content (AvgIpc) is 2.37. The van der Waals surface area contributed by atoms with Gasteiger partial charge in [-0.05, 0) is 30.2 Å². The number of carbonyl (C=O) groups excluding carboxylic acids is 1. The summed E-state index contributed by atoms with van der Waals surface area (Å²) in [6, 6.07) is 13.7. The van der Waals surface area contributed by atoms with Crippen LogP contribution in [0.25, 0.3) is 10.8 Å². The van der Waals surface area contributed by atoms with E-state index in [4.69, 9.17) is 5.73 Å². The standard InChI is InChI=1S/C15H18N2O.ClH/c1-10(16)15(18)17-11(2)13-9-5-7-12-6-3-4-8-14(12)13;/h3-11H,16H2,1-2H3,(H,17,18);1H. The Labute approximate surface area is 119 Å². The molecule has 0 heterocycles. The van der Waals surface area contributed by atoms with Crippen LogP contribution in [0.5, 0.6) is 0 Å².